The van der Waals surface area contributed by atoms with Gasteiger partial charge in [-0.2, -0.15) is 0 Å². The Balaban J connectivity index is 2.08. The molecule has 2 N–H and O–H groups in total. The van der Waals surface area contributed by atoms with Crippen LogP contribution in [0.5, 0.6) is 0 Å². The zero-order valence-corrected chi connectivity index (χ0v) is 9.14. The summed E-state index contributed by atoms with van der Waals surface area (Å²) in [7, 11) is 0. The van der Waals surface area contributed by atoms with Crippen LogP contribution in [0.3, 0.4) is 0 Å². The quantitative estimate of drug-likeness (QED) is 0.551. The van der Waals surface area contributed by atoms with E-state index in [0.29, 0.717) is 12.4 Å². The van der Waals surface area contributed by atoms with Crippen LogP contribution in [-0.4, -0.2) is 31.6 Å². The monoisotopic (exact) mass is 233 g/mol. The summed E-state index contributed by atoms with van der Waals surface area (Å²) in [6, 6.07) is 3.59. The van der Waals surface area contributed by atoms with Gasteiger partial charge in [-0.05, 0) is 11.2 Å². The SMILES string of the molecule is OC(O)CC[n+]1ccc(-c2ncccn2)cn1. The van der Waals surface area contributed by atoms with Gasteiger partial charge >= 0.3 is 0 Å². The molecule has 0 saturated heterocycles. The second kappa shape index (κ2) is 5.42. The number of aliphatic hydroxyl groups is 2. The summed E-state index contributed by atoms with van der Waals surface area (Å²) in [5.41, 5.74) is 0.825. The zero-order chi connectivity index (χ0) is 12.1. The largest absolute Gasteiger partial charge is 0.368 e. The van der Waals surface area contributed by atoms with Crippen LogP contribution in [0.2, 0.25) is 0 Å². The van der Waals surface area contributed by atoms with E-state index in [2.05, 4.69) is 15.1 Å². The third-order valence-electron chi connectivity index (χ3n) is 2.21. The van der Waals surface area contributed by atoms with Crippen LogP contribution in [-0.2, 0) is 6.54 Å². The van der Waals surface area contributed by atoms with Gasteiger partial charge in [0.2, 0.25) is 0 Å². The Morgan fingerprint density at radius 2 is 2.00 bits per heavy atom. The van der Waals surface area contributed by atoms with Gasteiger partial charge in [0, 0.05) is 24.0 Å². The molecular formula is C11H13N4O2+. The van der Waals surface area contributed by atoms with E-state index in [1.165, 1.54) is 0 Å². The molecular weight excluding hydrogens is 220 g/mol. The fourth-order valence-electron chi connectivity index (χ4n) is 1.34. The van der Waals surface area contributed by atoms with Crippen LogP contribution in [0, 0.1) is 0 Å². The van der Waals surface area contributed by atoms with E-state index in [9.17, 15) is 0 Å². The molecule has 0 bridgehead atoms. The Morgan fingerprint density at radius 1 is 1.24 bits per heavy atom. The summed E-state index contributed by atoms with van der Waals surface area (Å²) in [6.07, 6.45) is 5.70. The minimum Gasteiger partial charge on any atom is -0.368 e. The number of rotatable bonds is 4. The van der Waals surface area contributed by atoms with E-state index in [1.54, 1.807) is 35.5 Å². The normalized spacial score (nSPS) is 10.8. The van der Waals surface area contributed by atoms with Gasteiger partial charge in [0.15, 0.2) is 24.9 Å². The van der Waals surface area contributed by atoms with Gasteiger partial charge in [-0.3, -0.25) is 0 Å². The van der Waals surface area contributed by atoms with Gasteiger partial charge < -0.3 is 10.2 Å². The molecule has 0 spiro atoms. The molecule has 0 aliphatic rings. The highest BCUT2D eigenvalue weighted by Gasteiger charge is 2.08. The first-order valence-electron chi connectivity index (χ1n) is 5.25. The summed E-state index contributed by atoms with van der Waals surface area (Å²) in [4.78, 5) is 8.22. The molecule has 0 amide bonds. The van der Waals surface area contributed by atoms with Crippen molar-refractivity contribution in [3.05, 3.63) is 36.9 Å². The lowest BCUT2D eigenvalue weighted by atomic mass is 10.3. The summed E-state index contributed by atoms with van der Waals surface area (Å²) in [5.74, 6) is 0.620. The maximum atomic E-state index is 8.74. The second-order valence-electron chi connectivity index (χ2n) is 3.52. The van der Waals surface area contributed by atoms with Crippen LogP contribution in [0.25, 0.3) is 11.4 Å². The molecule has 2 aromatic heterocycles. The molecule has 0 radical (unpaired) electrons. The summed E-state index contributed by atoms with van der Waals surface area (Å²) >= 11 is 0. The lowest BCUT2D eigenvalue weighted by Gasteiger charge is -1.99. The van der Waals surface area contributed by atoms with E-state index in [-0.39, 0.29) is 6.42 Å². The average Bonchev–Trinajstić information content (AvgIpc) is 2.38. The highest BCUT2D eigenvalue weighted by Crippen LogP contribution is 2.09. The molecule has 0 atom stereocenters. The minimum absolute atomic E-state index is 0.249. The van der Waals surface area contributed by atoms with Crippen LogP contribution in [0.1, 0.15) is 6.42 Å². The predicted molar refractivity (Wildman–Crippen MR) is 58.3 cm³/mol. The predicted octanol–water partition coefficient (Wildman–Crippen LogP) is -0.473. The number of hydrogen-bond acceptors (Lipinski definition) is 5. The molecule has 2 aromatic rings. The van der Waals surface area contributed by atoms with Gasteiger partial charge in [0.25, 0.3) is 0 Å². The molecule has 0 aliphatic carbocycles. The van der Waals surface area contributed by atoms with Crippen molar-refractivity contribution < 1.29 is 14.9 Å². The number of nitrogens with zero attached hydrogens (tertiary/aromatic N) is 4. The Bertz CT molecular complexity index is 459. The molecule has 2 rings (SSSR count). The summed E-state index contributed by atoms with van der Waals surface area (Å²) < 4.78 is 1.63. The number of hydrogen-bond donors (Lipinski definition) is 2. The molecule has 0 unspecified atom stereocenters. The highest BCUT2D eigenvalue weighted by atomic mass is 16.5. The van der Waals surface area contributed by atoms with Gasteiger partial charge in [0.05, 0.1) is 6.42 Å². The molecule has 0 aliphatic heterocycles. The first-order valence-corrected chi connectivity index (χ1v) is 5.25. The Morgan fingerprint density at radius 3 is 2.59 bits per heavy atom. The van der Waals surface area contributed by atoms with Crippen molar-refractivity contribution in [2.75, 3.05) is 0 Å². The van der Waals surface area contributed by atoms with Crippen LogP contribution in [0.15, 0.2) is 36.9 Å². The lowest BCUT2D eigenvalue weighted by molar-refractivity contribution is -0.755. The maximum absolute atomic E-state index is 8.74. The van der Waals surface area contributed by atoms with E-state index in [0.717, 1.165) is 5.56 Å². The molecule has 0 aromatic carbocycles. The van der Waals surface area contributed by atoms with Gasteiger partial charge in [0.1, 0.15) is 6.20 Å². The smallest absolute Gasteiger partial charge is 0.197 e. The average molecular weight is 233 g/mol. The summed E-state index contributed by atoms with van der Waals surface area (Å²) in [6.45, 7) is 0.452. The van der Waals surface area contributed by atoms with Crippen LogP contribution < -0.4 is 4.68 Å². The van der Waals surface area contributed by atoms with E-state index >= 15 is 0 Å². The van der Waals surface area contributed by atoms with Gasteiger partial charge in [-0.25, -0.2) is 9.97 Å². The molecule has 6 nitrogen and oxygen atoms in total. The van der Waals surface area contributed by atoms with E-state index in [4.69, 9.17) is 10.2 Å². The maximum Gasteiger partial charge on any atom is 0.197 e. The molecule has 6 heteroatoms. The van der Waals surface area contributed by atoms with Crippen molar-refractivity contribution in [3.63, 3.8) is 0 Å². The van der Waals surface area contributed by atoms with Gasteiger partial charge in [-0.1, -0.05) is 4.68 Å². The third-order valence-corrected chi connectivity index (χ3v) is 2.21. The molecule has 2 heterocycles. The van der Waals surface area contributed by atoms with Gasteiger partial charge in [-0.15, -0.1) is 0 Å². The van der Waals surface area contributed by atoms with E-state index in [1.807, 2.05) is 6.07 Å². The number of aromatic nitrogens is 4. The topological polar surface area (TPSA) is 83.0 Å². The Hall–Kier alpha value is -1.92. The Labute approximate surface area is 98.2 Å². The molecule has 0 saturated carbocycles. The number of aliphatic hydroxyl groups excluding tert-OH is 1. The lowest BCUT2D eigenvalue weighted by Crippen LogP contribution is -2.38. The second-order valence-corrected chi connectivity index (χ2v) is 3.52. The van der Waals surface area contributed by atoms with Crippen molar-refractivity contribution in [2.24, 2.45) is 0 Å². The molecule has 17 heavy (non-hydrogen) atoms. The first kappa shape index (κ1) is 11.6. The summed E-state index contributed by atoms with van der Waals surface area (Å²) in [5, 5.41) is 21.6. The van der Waals surface area contributed by atoms with E-state index < -0.39 is 6.29 Å². The first-order chi connectivity index (χ1) is 8.25. The standard InChI is InChI=1S/C11H13N4O2/c16-10(17)3-7-15-6-2-9(8-14-15)11-12-4-1-5-13-11/h1-2,4-6,8,10,16-17H,3,7H2/q+1. The molecule has 88 valence electrons. The third kappa shape index (κ3) is 3.27. The number of aryl methyl sites for hydroxylation is 1. The minimum atomic E-state index is -1.30. The fourth-order valence-corrected chi connectivity index (χ4v) is 1.34. The van der Waals surface area contributed by atoms with Crippen molar-refractivity contribution in [1.29, 1.82) is 0 Å². The highest BCUT2D eigenvalue weighted by molar-refractivity contribution is 5.51. The molecule has 0 fully saturated rings. The zero-order valence-electron chi connectivity index (χ0n) is 9.14. The van der Waals surface area contributed by atoms with Crippen molar-refractivity contribution in [1.82, 2.24) is 15.1 Å². The van der Waals surface area contributed by atoms with Crippen LogP contribution in [0.4, 0.5) is 0 Å². The Kier molecular flexibility index (Phi) is 3.69. The van der Waals surface area contributed by atoms with Crippen molar-refractivity contribution in [3.8, 4) is 11.4 Å². The van der Waals surface area contributed by atoms with Crippen molar-refractivity contribution in [2.45, 2.75) is 19.3 Å². The van der Waals surface area contributed by atoms with Crippen LogP contribution >= 0.6 is 0 Å². The fraction of sp³-hybridized carbons (Fsp3) is 0.273. The van der Waals surface area contributed by atoms with Crippen molar-refractivity contribution >= 4 is 0 Å².